The normalized spacial score (nSPS) is 10.2. The van der Waals surface area contributed by atoms with E-state index in [0.29, 0.717) is 23.7 Å². The molecule has 0 aromatic heterocycles. The molecular formula is C18H17NO5. The second-order valence-electron chi connectivity index (χ2n) is 4.65. The average molecular weight is 327 g/mol. The smallest absolute Gasteiger partial charge is 0.298 e. The number of ether oxygens (including phenoxy) is 3. The van der Waals surface area contributed by atoms with Crippen LogP contribution in [0, 0.1) is 0 Å². The highest BCUT2D eigenvalue weighted by atomic mass is 16.5. The van der Waals surface area contributed by atoms with Gasteiger partial charge in [0, 0.05) is 6.08 Å². The van der Waals surface area contributed by atoms with E-state index in [1.165, 1.54) is 6.08 Å². The maximum Gasteiger partial charge on any atom is 0.298 e. The Morgan fingerprint density at radius 3 is 2.46 bits per heavy atom. The van der Waals surface area contributed by atoms with Gasteiger partial charge in [-0.25, -0.2) is 0 Å². The topological polar surface area (TPSA) is 73.9 Å². The van der Waals surface area contributed by atoms with Crippen LogP contribution in [0.15, 0.2) is 48.5 Å². The van der Waals surface area contributed by atoms with Crippen molar-refractivity contribution in [2.45, 2.75) is 0 Å². The summed E-state index contributed by atoms with van der Waals surface area (Å²) in [6, 6.07) is 12.0. The van der Waals surface area contributed by atoms with Gasteiger partial charge in [0.15, 0.2) is 17.2 Å². The van der Waals surface area contributed by atoms with Crippen LogP contribution in [0.2, 0.25) is 0 Å². The SMILES string of the molecule is COc1ccc(C=CC(=O)Nc2ccccc2OC=O)cc1OC. The van der Waals surface area contributed by atoms with E-state index < -0.39 is 0 Å². The van der Waals surface area contributed by atoms with Crippen LogP contribution in [0.1, 0.15) is 5.56 Å². The molecule has 0 fully saturated rings. The lowest BCUT2D eigenvalue weighted by atomic mass is 10.2. The van der Waals surface area contributed by atoms with Crippen LogP contribution >= 0.6 is 0 Å². The van der Waals surface area contributed by atoms with Gasteiger partial charge in [-0.3, -0.25) is 9.59 Å². The number of para-hydroxylation sites is 2. The Morgan fingerprint density at radius 2 is 1.75 bits per heavy atom. The molecule has 1 amide bonds. The molecule has 0 atom stereocenters. The van der Waals surface area contributed by atoms with E-state index in [0.717, 1.165) is 5.56 Å². The van der Waals surface area contributed by atoms with E-state index in [-0.39, 0.29) is 11.7 Å². The molecule has 2 rings (SSSR count). The summed E-state index contributed by atoms with van der Waals surface area (Å²) in [5.41, 5.74) is 1.19. The van der Waals surface area contributed by atoms with Crippen LogP contribution in [0.25, 0.3) is 6.08 Å². The molecule has 0 bridgehead atoms. The zero-order chi connectivity index (χ0) is 17.4. The first-order valence-electron chi connectivity index (χ1n) is 7.08. The molecular weight excluding hydrogens is 310 g/mol. The van der Waals surface area contributed by atoms with Crippen molar-refractivity contribution in [3.63, 3.8) is 0 Å². The summed E-state index contributed by atoms with van der Waals surface area (Å²) >= 11 is 0. The van der Waals surface area contributed by atoms with Gasteiger partial charge in [0.05, 0.1) is 19.9 Å². The molecule has 0 radical (unpaired) electrons. The molecule has 2 aromatic rings. The summed E-state index contributed by atoms with van der Waals surface area (Å²) in [4.78, 5) is 22.5. The molecule has 6 nitrogen and oxygen atoms in total. The van der Waals surface area contributed by atoms with Gasteiger partial charge < -0.3 is 19.5 Å². The third-order valence-electron chi connectivity index (χ3n) is 3.15. The van der Waals surface area contributed by atoms with Gasteiger partial charge in [-0.1, -0.05) is 18.2 Å². The quantitative estimate of drug-likeness (QED) is 0.625. The van der Waals surface area contributed by atoms with E-state index in [1.54, 1.807) is 62.8 Å². The van der Waals surface area contributed by atoms with Gasteiger partial charge in [0.2, 0.25) is 5.91 Å². The standard InChI is InChI=1S/C18H17NO5/c1-22-16-9-7-13(11-17(16)23-2)8-10-18(21)19-14-5-3-4-6-15(14)24-12-20/h3-12H,1-2H3,(H,19,21). The Morgan fingerprint density at radius 1 is 1.00 bits per heavy atom. The van der Waals surface area contributed by atoms with E-state index in [9.17, 15) is 9.59 Å². The van der Waals surface area contributed by atoms with Gasteiger partial charge in [0.1, 0.15) is 0 Å². The van der Waals surface area contributed by atoms with E-state index in [1.807, 2.05) is 0 Å². The molecule has 0 spiro atoms. The predicted molar refractivity (Wildman–Crippen MR) is 90.3 cm³/mol. The Kier molecular flexibility index (Phi) is 5.96. The number of amides is 1. The summed E-state index contributed by atoms with van der Waals surface area (Å²) in [5, 5.41) is 2.65. The van der Waals surface area contributed by atoms with E-state index in [2.05, 4.69) is 5.32 Å². The number of hydrogen-bond acceptors (Lipinski definition) is 5. The molecule has 0 unspecified atom stereocenters. The van der Waals surface area contributed by atoms with Crippen molar-refractivity contribution in [1.29, 1.82) is 0 Å². The maximum atomic E-state index is 12.0. The average Bonchev–Trinajstić information content (AvgIpc) is 2.61. The third-order valence-corrected chi connectivity index (χ3v) is 3.15. The predicted octanol–water partition coefficient (Wildman–Crippen LogP) is 2.89. The Balaban J connectivity index is 2.10. The molecule has 24 heavy (non-hydrogen) atoms. The first-order chi connectivity index (χ1) is 11.7. The lowest BCUT2D eigenvalue weighted by Crippen LogP contribution is -2.09. The number of carbonyl (C=O) groups excluding carboxylic acids is 2. The molecule has 0 aliphatic heterocycles. The van der Waals surface area contributed by atoms with Crippen molar-refractivity contribution < 1.29 is 23.8 Å². The number of nitrogens with one attached hydrogen (secondary N) is 1. The summed E-state index contributed by atoms with van der Waals surface area (Å²) in [6.45, 7) is 0.310. The molecule has 0 aliphatic rings. The first kappa shape index (κ1) is 17.1. The number of anilines is 1. The Bertz CT molecular complexity index is 755. The van der Waals surface area contributed by atoms with E-state index >= 15 is 0 Å². The van der Waals surface area contributed by atoms with Crippen molar-refractivity contribution in [1.82, 2.24) is 0 Å². The lowest BCUT2D eigenvalue weighted by Gasteiger charge is -2.08. The van der Waals surface area contributed by atoms with Gasteiger partial charge in [-0.2, -0.15) is 0 Å². The fourth-order valence-corrected chi connectivity index (χ4v) is 2.03. The van der Waals surface area contributed by atoms with Crippen molar-refractivity contribution >= 4 is 24.1 Å². The minimum absolute atomic E-state index is 0.278. The fourth-order valence-electron chi connectivity index (χ4n) is 2.03. The Hall–Kier alpha value is -3.28. The van der Waals surface area contributed by atoms with Crippen LogP contribution in [0.4, 0.5) is 5.69 Å². The number of benzene rings is 2. The van der Waals surface area contributed by atoms with Gasteiger partial charge in [0.25, 0.3) is 6.47 Å². The molecule has 0 heterocycles. The zero-order valence-electron chi connectivity index (χ0n) is 13.3. The summed E-state index contributed by atoms with van der Waals surface area (Å²) < 4.78 is 15.2. The number of carbonyl (C=O) groups is 2. The van der Waals surface area contributed by atoms with Crippen molar-refractivity contribution in [2.24, 2.45) is 0 Å². The number of rotatable bonds is 7. The Labute approximate surface area is 139 Å². The highest BCUT2D eigenvalue weighted by Crippen LogP contribution is 2.28. The van der Waals surface area contributed by atoms with Crippen molar-refractivity contribution in [3.05, 3.63) is 54.1 Å². The summed E-state index contributed by atoms with van der Waals surface area (Å²) in [6.07, 6.45) is 3.01. The highest BCUT2D eigenvalue weighted by molar-refractivity contribution is 6.02. The molecule has 1 N–H and O–H groups in total. The van der Waals surface area contributed by atoms with E-state index in [4.69, 9.17) is 14.2 Å². The molecule has 0 aliphatic carbocycles. The summed E-state index contributed by atoms with van der Waals surface area (Å²) in [5.74, 6) is 1.11. The van der Waals surface area contributed by atoms with Crippen LogP contribution in [0.3, 0.4) is 0 Å². The molecule has 2 aromatic carbocycles. The summed E-state index contributed by atoms with van der Waals surface area (Å²) in [7, 11) is 3.10. The largest absolute Gasteiger partial charge is 0.493 e. The second kappa shape index (κ2) is 8.38. The van der Waals surface area contributed by atoms with Crippen LogP contribution in [-0.4, -0.2) is 26.6 Å². The first-order valence-corrected chi connectivity index (χ1v) is 7.08. The maximum absolute atomic E-state index is 12.0. The minimum atomic E-state index is -0.355. The van der Waals surface area contributed by atoms with Crippen LogP contribution in [0.5, 0.6) is 17.2 Å². The number of hydrogen-bond donors (Lipinski definition) is 1. The second-order valence-corrected chi connectivity index (χ2v) is 4.65. The molecule has 0 saturated carbocycles. The lowest BCUT2D eigenvalue weighted by molar-refractivity contribution is -0.120. The highest BCUT2D eigenvalue weighted by Gasteiger charge is 2.06. The third kappa shape index (κ3) is 4.36. The van der Waals surface area contributed by atoms with Crippen LogP contribution < -0.4 is 19.5 Å². The van der Waals surface area contributed by atoms with Gasteiger partial charge >= 0.3 is 0 Å². The fraction of sp³-hybridized carbons (Fsp3) is 0.111. The van der Waals surface area contributed by atoms with Gasteiger partial charge in [-0.15, -0.1) is 0 Å². The molecule has 6 heteroatoms. The van der Waals surface area contributed by atoms with Crippen molar-refractivity contribution in [2.75, 3.05) is 19.5 Å². The minimum Gasteiger partial charge on any atom is -0.493 e. The van der Waals surface area contributed by atoms with Gasteiger partial charge in [-0.05, 0) is 35.9 Å². The van der Waals surface area contributed by atoms with Crippen molar-refractivity contribution in [3.8, 4) is 17.2 Å². The monoisotopic (exact) mass is 327 g/mol. The van der Waals surface area contributed by atoms with Crippen LogP contribution in [-0.2, 0) is 9.59 Å². The number of methoxy groups -OCH3 is 2. The zero-order valence-corrected chi connectivity index (χ0v) is 13.3. The molecule has 0 saturated heterocycles. The molecule has 124 valence electrons.